The van der Waals surface area contributed by atoms with Gasteiger partial charge in [-0.05, 0) is 19.4 Å². The first-order valence-corrected chi connectivity index (χ1v) is 9.54. The van der Waals surface area contributed by atoms with Crippen molar-refractivity contribution in [2.24, 2.45) is 0 Å². The summed E-state index contributed by atoms with van der Waals surface area (Å²) in [6, 6.07) is 4.37. The number of nitro groups is 1. The number of anilines is 1. The zero-order valence-corrected chi connectivity index (χ0v) is 16.1. The number of thiazole rings is 1. The summed E-state index contributed by atoms with van der Waals surface area (Å²) in [6.07, 6.45) is 4.23. The first-order valence-electron chi connectivity index (χ1n) is 8.66. The van der Waals surface area contributed by atoms with Crippen molar-refractivity contribution < 1.29 is 14.5 Å². The number of aromatic nitrogens is 1. The molecule has 0 unspecified atom stereocenters. The summed E-state index contributed by atoms with van der Waals surface area (Å²) in [4.78, 5) is 41.2. The van der Waals surface area contributed by atoms with Crippen LogP contribution in [0.2, 0.25) is 0 Å². The Balaban J connectivity index is 2.16. The van der Waals surface area contributed by atoms with E-state index in [0.717, 1.165) is 19.3 Å². The maximum absolute atomic E-state index is 12.9. The van der Waals surface area contributed by atoms with E-state index in [2.05, 4.69) is 10.3 Å². The van der Waals surface area contributed by atoms with Crippen LogP contribution >= 0.6 is 11.3 Å². The molecule has 0 bridgehead atoms. The summed E-state index contributed by atoms with van der Waals surface area (Å²) < 4.78 is 0. The van der Waals surface area contributed by atoms with E-state index >= 15 is 0 Å². The van der Waals surface area contributed by atoms with Crippen LogP contribution in [0.5, 0.6) is 0 Å². The van der Waals surface area contributed by atoms with E-state index in [0.29, 0.717) is 17.2 Å². The van der Waals surface area contributed by atoms with Crippen molar-refractivity contribution in [1.29, 1.82) is 0 Å². The van der Waals surface area contributed by atoms with Gasteiger partial charge >= 0.3 is 0 Å². The molecule has 144 valence electrons. The molecule has 9 heteroatoms. The van der Waals surface area contributed by atoms with Crippen molar-refractivity contribution in [2.45, 2.75) is 33.1 Å². The molecule has 0 radical (unpaired) electrons. The van der Waals surface area contributed by atoms with Gasteiger partial charge in [-0.1, -0.05) is 25.8 Å². The van der Waals surface area contributed by atoms with Gasteiger partial charge in [0.25, 0.3) is 11.6 Å². The number of hydrogen-bond donors (Lipinski definition) is 1. The molecule has 1 N–H and O–H groups in total. The van der Waals surface area contributed by atoms with Crippen molar-refractivity contribution >= 4 is 34.0 Å². The lowest BCUT2D eigenvalue weighted by molar-refractivity contribution is -0.385. The third-order valence-corrected chi connectivity index (χ3v) is 4.67. The van der Waals surface area contributed by atoms with Crippen LogP contribution in [0, 0.1) is 17.0 Å². The van der Waals surface area contributed by atoms with Crippen LogP contribution in [0.4, 0.5) is 10.8 Å². The number of nitrogens with one attached hydrogen (secondary N) is 1. The second-order valence-electron chi connectivity index (χ2n) is 6.08. The SMILES string of the molecule is CCCCCN(CC(=O)Nc1nccs1)C(=O)c1ccc(C)c([N+](=O)[O-])c1. The van der Waals surface area contributed by atoms with Gasteiger partial charge in [0, 0.05) is 35.3 Å². The Bertz CT molecular complexity index is 808. The Morgan fingerprint density at radius 2 is 2.11 bits per heavy atom. The van der Waals surface area contributed by atoms with E-state index < -0.39 is 10.8 Å². The van der Waals surface area contributed by atoms with E-state index in [-0.39, 0.29) is 23.7 Å². The van der Waals surface area contributed by atoms with Crippen LogP contribution < -0.4 is 5.32 Å². The normalized spacial score (nSPS) is 10.4. The van der Waals surface area contributed by atoms with Gasteiger partial charge in [0.1, 0.15) is 6.54 Å². The standard InChI is InChI=1S/C18H22N4O4S/c1-3-4-5-9-21(12-16(23)20-18-19-8-10-27-18)17(24)14-7-6-13(2)15(11-14)22(25)26/h6-8,10-11H,3-5,9,12H2,1-2H3,(H,19,20,23). The molecule has 0 saturated carbocycles. The fourth-order valence-corrected chi connectivity index (χ4v) is 3.09. The first kappa shape index (κ1) is 20.5. The lowest BCUT2D eigenvalue weighted by Gasteiger charge is -2.22. The molecule has 0 aliphatic rings. The molecule has 0 saturated heterocycles. The van der Waals surface area contributed by atoms with Gasteiger partial charge in [-0.3, -0.25) is 19.7 Å². The van der Waals surface area contributed by atoms with E-state index in [1.807, 2.05) is 6.92 Å². The fraction of sp³-hybridized carbons (Fsp3) is 0.389. The zero-order chi connectivity index (χ0) is 19.8. The highest BCUT2D eigenvalue weighted by Crippen LogP contribution is 2.20. The van der Waals surface area contributed by atoms with Crippen LogP contribution in [0.1, 0.15) is 42.1 Å². The Hall–Kier alpha value is -2.81. The van der Waals surface area contributed by atoms with Crippen molar-refractivity contribution in [3.63, 3.8) is 0 Å². The Labute approximate surface area is 161 Å². The van der Waals surface area contributed by atoms with E-state index in [9.17, 15) is 19.7 Å². The minimum Gasteiger partial charge on any atom is -0.329 e. The summed E-state index contributed by atoms with van der Waals surface area (Å²) in [7, 11) is 0. The molecular weight excluding hydrogens is 368 g/mol. The molecular formula is C18H22N4O4S. The molecule has 2 amide bonds. The molecule has 0 fully saturated rings. The van der Waals surface area contributed by atoms with Crippen LogP contribution in [0.25, 0.3) is 0 Å². The van der Waals surface area contributed by atoms with Gasteiger partial charge in [0.05, 0.1) is 4.92 Å². The molecule has 2 rings (SSSR count). The summed E-state index contributed by atoms with van der Waals surface area (Å²) >= 11 is 1.29. The fourth-order valence-electron chi connectivity index (χ4n) is 2.54. The summed E-state index contributed by atoms with van der Waals surface area (Å²) in [6.45, 7) is 3.93. The minimum atomic E-state index is -0.511. The van der Waals surface area contributed by atoms with Crippen LogP contribution in [0.3, 0.4) is 0 Å². The zero-order valence-electron chi connectivity index (χ0n) is 15.3. The van der Waals surface area contributed by atoms with Crippen molar-refractivity contribution in [3.8, 4) is 0 Å². The Morgan fingerprint density at radius 1 is 1.33 bits per heavy atom. The van der Waals surface area contributed by atoms with Crippen LogP contribution in [-0.4, -0.2) is 39.7 Å². The second kappa shape index (κ2) is 9.77. The number of hydrogen-bond acceptors (Lipinski definition) is 6. The number of benzene rings is 1. The lowest BCUT2D eigenvalue weighted by Crippen LogP contribution is -2.38. The topological polar surface area (TPSA) is 105 Å². The number of nitrogens with zero attached hydrogens (tertiary/aromatic N) is 3. The number of carbonyl (C=O) groups is 2. The van der Waals surface area contributed by atoms with Crippen LogP contribution in [-0.2, 0) is 4.79 Å². The van der Waals surface area contributed by atoms with E-state index in [1.54, 1.807) is 30.6 Å². The molecule has 0 atom stereocenters. The summed E-state index contributed by atoms with van der Waals surface area (Å²) in [5.74, 6) is -0.750. The average molecular weight is 390 g/mol. The predicted molar refractivity (Wildman–Crippen MR) is 104 cm³/mol. The number of unbranched alkanes of at least 4 members (excludes halogenated alkanes) is 2. The lowest BCUT2D eigenvalue weighted by atomic mass is 10.1. The Kier molecular flexibility index (Phi) is 7.42. The summed E-state index contributed by atoms with van der Waals surface area (Å²) in [5, 5.41) is 16.0. The molecule has 8 nitrogen and oxygen atoms in total. The molecule has 0 aliphatic heterocycles. The Morgan fingerprint density at radius 3 is 2.74 bits per heavy atom. The van der Waals surface area contributed by atoms with Crippen LogP contribution in [0.15, 0.2) is 29.8 Å². The molecule has 1 aromatic carbocycles. The molecule has 0 aliphatic carbocycles. The maximum Gasteiger partial charge on any atom is 0.273 e. The first-order chi connectivity index (χ1) is 12.9. The maximum atomic E-state index is 12.9. The smallest absolute Gasteiger partial charge is 0.273 e. The van der Waals surface area contributed by atoms with Crippen molar-refractivity contribution in [2.75, 3.05) is 18.4 Å². The predicted octanol–water partition coefficient (Wildman–Crippen LogP) is 3.63. The number of amides is 2. The van der Waals surface area contributed by atoms with Gasteiger partial charge in [-0.25, -0.2) is 4.98 Å². The molecule has 27 heavy (non-hydrogen) atoms. The highest BCUT2D eigenvalue weighted by atomic mass is 32.1. The number of aryl methyl sites for hydroxylation is 1. The van der Waals surface area contributed by atoms with Gasteiger partial charge < -0.3 is 10.2 Å². The monoisotopic (exact) mass is 390 g/mol. The number of rotatable bonds is 9. The third-order valence-electron chi connectivity index (χ3n) is 3.98. The second-order valence-corrected chi connectivity index (χ2v) is 6.97. The quantitative estimate of drug-likeness (QED) is 0.400. The number of nitro benzene ring substituents is 1. The van der Waals surface area contributed by atoms with E-state index in [4.69, 9.17) is 0 Å². The minimum absolute atomic E-state index is 0.110. The van der Waals surface area contributed by atoms with Gasteiger partial charge in [-0.15, -0.1) is 11.3 Å². The van der Waals surface area contributed by atoms with Gasteiger partial charge in [-0.2, -0.15) is 0 Å². The molecule has 1 aromatic heterocycles. The van der Waals surface area contributed by atoms with Crippen molar-refractivity contribution in [1.82, 2.24) is 9.88 Å². The van der Waals surface area contributed by atoms with Gasteiger partial charge in [0.15, 0.2) is 5.13 Å². The average Bonchev–Trinajstić information content (AvgIpc) is 3.13. The third kappa shape index (κ3) is 5.85. The largest absolute Gasteiger partial charge is 0.329 e. The molecule has 2 aromatic rings. The highest BCUT2D eigenvalue weighted by molar-refractivity contribution is 7.13. The van der Waals surface area contributed by atoms with Gasteiger partial charge in [0.2, 0.25) is 5.91 Å². The number of carbonyl (C=O) groups excluding carboxylic acids is 2. The summed E-state index contributed by atoms with van der Waals surface area (Å²) in [5.41, 5.74) is 0.572. The van der Waals surface area contributed by atoms with E-state index in [1.165, 1.54) is 22.3 Å². The van der Waals surface area contributed by atoms with Crippen molar-refractivity contribution in [3.05, 3.63) is 51.0 Å². The highest BCUT2D eigenvalue weighted by Gasteiger charge is 2.22. The molecule has 0 spiro atoms. The molecule has 1 heterocycles.